The van der Waals surface area contributed by atoms with E-state index < -0.39 is 6.04 Å². The average molecular weight is 293 g/mol. The van der Waals surface area contributed by atoms with Crippen molar-refractivity contribution in [3.05, 3.63) is 17.5 Å². The van der Waals surface area contributed by atoms with E-state index in [0.717, 1.165) is 17.8 Å². The minimum Gasteiger partial charge on any atom is -0.377 e. The summed E-state index contributed by atoms with van der Waals surface area (Å²) < 4.78 is 5.44. The average Bonchev–Trinajstić information content (AvgIpc) is 2.51. The molecule has 116 valence electrons. The summed E-state index contributed by atoms with van der Waals surface area (Å²) in [5.74, 6) is 0.506. The van der Waals surface area contributed by atoms with Crippen molar-refractivity contribution in [2.24, 2.45) is 5.73 Å². The SMILES string of the molecule is CCCNC(=O)C1COCCN1c1nc(C)cc(CN)n1. The predicted octanol–water partition coefficient (Wildman–Crippen LogP) is -0.0249. The Kier molecular flexibility index (Phi) is 5.46. The zero-order chi connectivity index (χ0) is 15.2. The van der Waals surface area contributed by atoms with Crippen LogP contribution in [0.5, 0.6) is 0 Å². The van der Waals surface area contributed by atoms with Crippen LogP contribution in [0.2, 0.25) is 0 Å². The van der Waals surface area contributed by atoms with Gasteiger partial charge in [-0.1, -0.05) is 6.92 Å². The first-order chi connectivity index (χ1) is 10.2. The van der Waals surface area contributed by atoms with Gasteiger partial charge in [0.25, 0.3) is 0 Å². The second kappa shape index (κ2) is 7.33. The third kappa shape index (κ3) is 3.89. The molecule has 7 heteroatoms. The van der Waals surface area contributed by atoms with Gasteiger partial charge in [0, 0.05) is 25.3 Å². The molecular formula is C14H23N5O2. The molecule has 2 heterocycles. The van der Waals surface area contributed by atoms with Gasteiger partial charge in [-0.05, 0) is 19.4 Å². The number of morpholine rings is 1. The van der Waals surface area contributed by atoms with Gasteiger partial charge in [-0.15, -0.1) is 0 Å². The number of anilines is 1. The summed E-state index contributed by atoms with van der Waals surface area (Å²) in [7, 11) is 0. The maximum atomic E-state index is 12.3. The molecule has 0 spiro atoms. The van der Waals surface area contributed by atoms with Crippen LogP contribution in [0.3, 0.4) is 0 Å². The largest absolute Gasteiger partial charge is 0.377 e. The number of nitrogens with zero attached hydrogens (tertiary/aromatic N) is 3. The van der Waals surface area contributed by atoms with E-state index in [1.165, 1.54) is 0 Å². The third-order valence-corrected chi connectivity index (χ3v) is 3.34. The van der Waals surface area contributed by atoms with Gasteiger partial charge < -0.3 is 20.7 Å². The third-order valence-electron chi connectivity index (χ3n) is 3.34. The Hall–Kier alpha value is -1.73. The van der Waals surface area contributed by atoms with Crippen molar-refractivity contribution in [2.45, 2.75) is 32.9 Å². The normalized spacial score (nSPS) is 18.6. The second-order valence-corrected chi connectivity index (χ2v) is 5.08. The molecule has 0 radical (unpaired) electrons. The lowest BCUT2D eigenvalue weighted by atomic mass is 10.2. The number of carbonyl (C=O) groups excluding carboxylic acids is 1. The highest BCUT2D eigenvalue weighted by Gasteiger charge is 2.31. The van der Waals surface area contributed by atoms with E-state index in [-0.39, 0.29) is 5.91 Å². The first-order valence-corrected chi connectivity index (χ1v) is 7.32. The Morgan fingerprint density at radius 3 is 3.10 bits per heavy atom. The summed E-state index contributed by atoms with van der Waals surface area (Å²) in [5.41, 5.74) is 7.29. The highest BCUT2D eigenvalue weighted by Crippen LogP contribution is 2.17. The molecule has 1 unspecified atom stereocenters. The minimum atomic E-state index is -0.391. The van der Waals surface area contributed by atoms with Crippen LogP contribution in [0.1, 0.15) is 24.7 Å². The van der Waals surface area contributed by atoms with Gasteiger partial charge in [0.05, 0.1) is 18.9 Å². The molecule has 1 fully saturated rings. The molecule has 2 rings (SSSR count). The van der Waals surface area contributed by atoms with E-state index in [0.29, 0.717) is 38.8 Å². The molecular weight excluding hydrogens is 270 g/mol. The zero-order valence-corrected chi connectivity index (χ0v) is 12.6. The number of hydrogen-bond acceptors (Lipinski definition) is 6. The number of rotatable bonds is 5. The Balaban J connectivity index is 2.21. The topological polar surface area (TPSA) is 93.4 Å². The van der Waals surface area contributed by atoms with E-state index >= 15 is 0 Å². The van der Waals surface area contributed by atoms with Crippen molar-refractivity contribution in [1.29, 1.82) is 0 Å². The van der Waals surface area contributed by atoms with Crippen molar-refractivity contribution in [1.82, 2.24) is 15.3 Å². The maximum absolute atomic E-state index is 12.3. The van der Waals surface area contributed by atoms with Crippen LogP contribution in [-0.2, 0) is 16.1 Å². The number of aromatic nitrogens is 2. The Morgan fingerprint density at radius 1 is 1.57 bits per heavy atom. The monoisotopic (exact) mass is 293 g/mol. The summed E-state index contributed by atoms with van der Waals surface area (Å²) in [5, 5.41) is 2.90. The van der Waals surface area contributed by atoms with Gasteiger partial charge in [-0.3, -0.25) is 4.79 Å². The molecule has 1 saturated heterocycles. The Morgan fingerprint density at radius 2 is 2.38 bits per heavy atom. The first kappa shape index (κ1) is 15.7. The molecule has 1 aromatic heterocycles. The van der Waals surface area contributed by atoms with Crippen molar-refractivity contribution in [3.63, 3.8) is 0 Å². The number of nitrogens with one attached hydrogen (secondary N) is 1. The molecule has 21 heavy (non-hydrogen) atoms. The standard InChI is InChI=1S/C14H23N5O2/c1-3-4-16-13(20)12-9-21-6-5-19(12)14-17-10(2)7-11(8-15)18-14/h7,12H,3-6,8-9,15H2,1-2H3,(H,16,20). The first-order valence-electron chi connectivity index (χ1n) is 7.32. The van der Waals surface area contributed by atoms with E-state index in [1.807, 2.05) is 24.8 Å². The highest BCUT2D eigenvalue weighted by atomic mass is 16.5. The second-order valence-electron chi connectivity index (χ2n) is 5.08. The van der Waals surface area contributed by atoms with Gasteiger partial charge in [-0.25, -0.2) is 9.97 Å². The minimum absolute atomic E-state index is 0.0454. The van der Waals surface area contributed by atoms with Gasteiger partial charge in [0.1, 0.15) is 6.04 Å². The highest BCUT2D eigenvalue weighted by molar-refractivity contribution is 5.85. The molecule has 7 nitrogen and oxygen atoms in total. The number of hydrogen-bond donors (Lipinski definition) is 2. The maximum Gasteiger partial charge on any atom is 0.245 e. The van der Waals surface area contributed by atoms with Crippen LogP contribution in [0.4, 0.5) is 5.95 Å². The fourth-order valence-electron chi connectivity index (χ4n) is 2.28. The smallest absolute Gasteiger partial charge is 0.245 e. The van der Waals surface area contributed by atoms with E-state index in [9.17, 15) is 4.79 Å². The Labute approximate surface area is 124 Å². The summed E-state index contributed by atoms with van der Waals surface area (Å²) in [6.45, 7) is 6.44. The molecule has 3 N–H and O–H groups in total. The summed E-state index contributed by atoms with van der Waals surface area (Å²) in [4.78, 5) is 23.1. The molecule has 1 aliphatic rings. The van der Waals surface area contributed by atoms with Crippen molar-refractivity contribution in [2.75, 3.05) is 31.2 Å². The number of nitrogens with two attached hydrogens (primary N) is 1. The van der Waals surface area contributed by atoms with Gasteiger partial charge >= 0.3 is 0 Å². The number of ether oxygens (including phenoxy) is 1. The zero-order valence-electron chi connectivity index (χ0n) is 12.6. The van der Waals surface area contributed by atoms with Crippen LogP contribution in [0, 0.1) is 6.92 Å². The van der Waals surface area contributed by atoms with Crippen molar-refractivity contribution < 1.29 is 9.53 Å². The summed E-state index contributed by atoms with van der Waals surface area (Å²) in [6.07, 6.45) is 0.900. The molecule has 0 saturated carbocycles. The molecule has 1 amide bonds. The molecule has 1 atom stereocenters. The quantitative estimate of drug-likeness (QED) is 0.792. The lowest BCUT2D eigenvalue weighted by Gasteiger charge is -2.34. The van der Waals surface area contributed by atoms with Crippen molar-refractivity contribution in [3.8, 4) is 0 Å². The lowest BCUT2D eigenvalue weighted by molar-refractivity contribution is -0.124. The van der Waals surface area contributed by atoms with Crippen LogP contribution in [0.15, 0.2) is 6.07 Å². The van der Waals surface area contributed by atoms with Gasteiger partial charge in [0.15, 0.2) is 0 Å². The van der Waals surface area contributed by atoms with Gasteiger partial charge in [0.2, 0.25) is 11.9 Å². The predicted molar refractivity (Wildman–Crippen MR) is 79.9 cm³/mol. The molecule has 0 bridgehead atoms. The van der Waals surface area contributed by atoms with Gasteiger partial charge in [-0.2, -0.15) is 0 Å². The number of carbonyl (C=O) groups is 1. The molecule has 0 aliphatic carbocycles. The van der Waals surface area contributed by atoms with Crippen LogP contribution < -0.4 is 16.0 Å². The van der Waals surface area contributed by atoms with E-state index in [4.69, 9.17) is 10.5 Å². The molecule has 0 aromatic carbocycles. The molecule has 1 aromatic rings. The fourth-order valence-corrected chi connectivity index (χ4v) is 2.28. The molecule has 1 aliphatic heterocycles. The fraction of sp³-hybridized carbons (Fsp3) is 0.643. The van der Waals surface area contributed by atoms with E-state index in [2.05, 4.69) is 15.3 Å². The van der Waals surface area contributed by atoms with Crippen molar-refractivity contribution >= 4 is 11.9 Å². The summed E-state index contributed by atoms with van der Waals surface area (Å²) in [6, 6.07) is 1.47. The Bertz CT molecular complexity index is 494. The summed E-state index contributed by atoms with van der Waals surface area (Å²) >= 11 is 0. The number of amides is 1. The van der Waals surface area contributed by atoms with Crippen LogP contribution in [0.25, 0.3) is 0 Å². The lowest BCUT2D eigenvalue weighted by Crippen LogP contribution is -2.54. The van der Waals surface area contributed by atoms with Crippen LogP contribution >= 0.6 is 0 Å². The van der Waals surface area contributed by atoms with Crippen LogP contribution in [-0.4, -0.2) is 48.2 Å². The van der Waals surface area contributed by atoms with E-state index in [1.54, 1.807) is 0 Å². The number of aryl methyl sites for hydroxylation is 1.